The first-order chi connectivity index (χ1) is 6.88. The Morgan fingerprint density at radius 2 is 1.80 bits per heavy atom. The van der Waals surface area contributed by atoms with Crippen molar-refractivity contribution in [3.8, 4) is 0 Å². The molecular formula is C14H23N. The average Bonchev–Trinajstić information content (AvgIpc) is 2.07. The highest BCUT2D eigenvalue weighted by atomic mass is 14.9. The monoisotopic (exact) mass is 205 g/mol. The molecule has 1 aromatic carbocycles. The van der Waals surface area contributed by atoms with E-state index >= 15 is 0 Å². The second kappa shape index (κ2) is 4.80. The van der Waals surface area contributed by atoms with Crippen molar-refractivity contribution in [1.82, 2.24) is 5.32 Å². The lowest BCUT2D eigenvalue weighted by atomic mass is 10.0. The Kier molecular flexibility index (Phi) is 3.92. The first-order valence-corrected chi connectivity index (χ1v) is 5.70. The molecule has 0 amide bonds. The zero-order valence-corrected chi connectivity index (χ0v) is 10.6. The van der Waals surface area contributed by atoms with Gasteiger partial charge in [0.05, 0.1) is 0 Å². The van der Waals surface area contributed by atoms with Gasteiger partial charge < -0.3 is 5.32 Å². The Morgan fingerprint density at radius 3 is 2.33 bits per heavy atom. The Bertz CT molecular complexity index is 321. The highest BCUT2D eigenvalue weighted by molar-refractivity contribution is 5.30. The zero-order chi connectivity index (χ0) is 11.5. The molecule has 0 bridgehead atoms. The van der Waals surface area contributed by atoms with Gasteiger partial charge in [-0.15, -0.1) is 0 Å². The number of nitrogens with one attached hydrogen (secondary N) is 1. The minimum atomic E-state index is 0.221. The molecule has 0 saturated carbocycles. The van der Waals surface area contributed by atoms with Crippen LogP contribution in [0.15, 0.2) is 18.2 Å². The smallest absolute Gasteiger partial charge is 0.00966 e. The second-order valence-electron chi connectivity index (χ2n) is 5.36. The Hall–Kier alpha value is -0.820. The molecule has 0 spiro atoms. The van der Waals surface area contributed by atoms with Crippen molar-refractivity contribution in [2.75, 3.05) is 6.54 Å². The standard InChI is InChI=1S/C14H23N/c1-11-6-7-13(12(2)10-11)8-9-15-14(3,4)5/h6-7,10,15H,8-9H2,1-5H3. The molecule has 0 heterocycles. The van der Waals surface area contributed by atoms with Crippen LogP contribution in [0, 0.1) is 13.8 Å². The van der Waals surface area contributed by atoms with Gasteiger partial charge in [0.2, 0.25) is 0 Å². The molecule has 1 N–H and O–H groups in total. The van der Waals surface area contributed by atoms with Crippen molar-refractivity contribution in [3.05, 3.63) is 34.9 Å². The highest BCUT2D eigenvalue weighted by Crippen LogP contribution is 2.11. The summed E-state index contributed by atoms with van der Waals surface area (Å²) in [5.41, 5.74) is 4.43. The van der Waals surface area contributed by atoms with Gasteiger partial charge in [-0.25, -0.2) is 0 Å². The van der Waals surface area contributed by atoms with Crippen LogP contribution >= 0.6 is 0 Å². The molecule has 0 aliphatic rings. The number of aryl methyl sites for hydroxylation is 2. The predicted molar refractivity (Wildman–Crippen MR) is 67.4 cm³/mol. The average molecular weight is 205 g/mol. The van der Waals surface area contributed by atoms with Crippen LogP contribution < -0.4 is 5.32 Å². The van der Waals surface area contributed by atoms with Gasteiger partial charge in [-0.3, -0.25) is 0 Å². The van der Waals surface area contributed by atoms with Crippen LogP contribution in [0.25, 0.3) is 0 Å². The molecule has 0 atom stereocenters. The maximum atomic E-state index is 3.51. The normalized spacial score (nSPS) is 11.8. The molecule has 0 aliphatic carbocycles. The van der Waals surface area contributed by atoms with Crippen LogP contribution in [-0.2, 0) is 6.42 Å². The summed E-state index contributed by atoms with van der Waals surface area (Å²) in [6.07, 6.45) is 1.11. The van der Waals surface area contributed by atoms with Crippen molar-refractivity contribution < 1.29 is 0 Å². The molecule has 1 aromatic rings. The fourth-order valence-corrected chi connectivity index (χ4v) is 1.70. The van der Waals surface area contributed by atoms with Gasteiger partial charge in [-0.2, -0.15) is 0 Å². The van der Waals surface area contributed by atoms with E-state index in [0.29, 0.717) is 0 Å². The van der Waals surface area contributed by atoms with Crippen LogP contribution in [-0.4, -0.2) is 12.1 Å². The summed E-state index contributed by atoms with van der Waals surface area (Å²) in [5, 5.41) is 3.51. The molecule has 1 nitrogen and oxygen atoms in total. The maximum absolute atomic E-state index is 3.51. The van der Waals surface area contributed by atoms with Crippen molar-refractivity contribution in [2.45, 2.75) is 46.6 Å². The fraction of sp³-hybridized carbons (Fsp3) is 0.571. The van der Waals surface area contributed by atoms with E-state index in [1.54, 1.807) is 0 Å². The number of hydrogen-bond acceptors (Lipinski definition) is 1. The largest absolute Gasteiger partial charge is 0.312 e. The molecule has 0 saturated heterocycles. The van der Waals surface area contributed by atoms with Crippen LogP contribution in [0.2, 0.25) is 0 Å². The molecular weight excluding hydrogens is 182 g/mol. The summed E-state index contributed by atoms with van der Waals surface area (Å²) >= 11 is 0. The summed E-state index contributed by atoms with van der Waals surface area (Å²) in [6.45, 7) is 12.0. The van der Waals surface area contributed by atoms with E-state index in [1.807, 2.05) is 0 Å². The zero-order valence-electron chi connectivity index (χ0n) is 10.6. The van der Waals surface area contributed by atoms with Gasteiger partial charge >= 0.3 is 0 Å². The first kappa shape index (κ1) is 12.3. The lowest BCUT2D eigenvalue weighted by molar-refractivity contribution is 0.429. The molecule has 1 heteroatoms. The van der Waals surface area contributed by atoms with E-state index in [4.69, 9.17) is 0 Å². The van der Waals surface area contributed by atoms with E-state index in [0.717, 1.165) is 13.0 Å². The topological polar surface area (TPSA) is 12.0 Å². The first-order valence-electron chi connectivity index (χ1n) is 5.70. The molecule has 84 valence electrons. The molecule has 1 rings (SSSR count). The third-order valence-electron chi connectivity index (χ3n) is 2.55. The fourth-order valence-electron chi connectivity index (χ4n) is 1.70. The van der Waals surface area contributed by atoms with E-state index in [1.165, 1.54) is 16.7 Å². The van der Waals surface area contributed by atoms with Crippen molar-refractivity contribution in [2.24, 2.45) is 0 Å². The maximum Gasteiger partial charge on any atom is 0.00966 e. The summed E-state index contributed by atoms with van der Waals surface area (Å²) in [5.74, 6) is 0. The molecule has 0 radical (unpaired) electrons. The summed E-state index contributed by atoms with van der Waals surface area (Å²) in [6, 6.07) is 6.70. The van der Waals surface area contributed by atoms with Crippen molar-refractivity contribution in [3.63, 3.8) is 0 Å². The second-order valence-corrected chi connectivity index (χ2v) is 5.36. The van der Waals surface area contributed by atoms with Crippen molar-refractivity contribution >= 4 is 0 Å². The quantitative estimate of drug-likeness (QED) is 0.799. The van der Waals surface area contributed by atoms with Gasteiger partial charge in [0, 0.05) is 5.54 Å². The van der Waals surface area contributed by atoms with E-state index in [9.17, 15) is 0 Å². The lowest BCUT2D eigenvalue weighted by Gasteiger charge is -2.20. The highest BCUT2D eigenvalue weighted by Gasteiger charge is 2.08. The van der Waals surface area contributed by atoms with Gasteiger partial charge in [-0.05, 0) is 58.7 Å². The third-order valence-corrected chi connectivity index (χ3v) is 2.55. The molecule has 0 fully saturated rings. The molecule has 0 aliphatic heterocycles. The predicted octanol–water partition coefficient (Wildman–Crippen LogP) is 3.23. The van der Waals surface area contributed by atoms with Crippen LogP contribution in [0.4, 0.5) is 0 Å². The molecule has 0 unspecified atom stereocenters. The SMILES string of the molecule is Cc1ccc(CCNC(C)(C)C)c(C)c1. The van der Waals surface area contributed by atoms with E-state index < -0.39 is 0 Å². The minimum Gasteiger partial charge on any atom is -0.312 e. The number of hydrogen-bond donors (Lipinski definition) is 1. The number of rotatable bonds is 3. The Balaban J connectivity index is 2.51. The Morgan fingerprint density at radius 1 is 1.13 bits per heavy atom. The van der Waals surface area contributed by atoms with Crippen molar-refractivity contribution in [1.29, 1.82) is 0 Å². The van der Waals surface area contributed by atoms with Gasteiger partial charge in [0.1, 0.15) is 0 Å². The Labute approximate surface area is 93.9 Å². The van der Waals surface area contributed by atoms with E-state index in [2.05, 4.69) is 58.1 Å². The van der Waals surface area contributed by atoms with Gasteiger partial charge in [0.15, 0.2) is 0 Å². The van der Waals surface area contributed by atoms with Crippen LogP contribution in [0.3, 0.4) is 0 Å². The summed E-state index contributed by atoms with van der Waals surface area (Å²) in [7, 11) is 0. The molecule has 0 aromatic heterocycles. The minimum absolute atomic E-state index is 0.221. The number of benzene rings is 1. The third kappa shape index (κ3) is 4.48. The van der Waals surface area contributed by atoms with Gasteiger partial charge in [0.25, 0.3) is 0 Å². The molecule has 15 heavy (non-hydrogen) atoms. The lowest BCUT2D eigenvalue weighted by Crippen LogP contribution is -2.37. The summed E-state index contributed by atoms with van der Waals surface area (Å²) < 4.78 is 0. The van der Waals surface area contributed by atoms with Crippen LogP contribution in [0.5, 0.6) is 0 Å². The van der Waals surface area contributed by atoms with Crippen LogP contribution in [0.1, 0.15) is 37.5 Å². The van der Waals surface area contributed by atoms with Gasteiger partial charge in [-0.1, -0.05) is 23.8 Å². The van der Waals surface area contributed by atoms with E-state index in [-0.39, 0.29) is 5.54 Å². The summed E-state index contributed by atoms with van der Waals surface area (Å²) in [4.78, 5) is 0.